The van der Waals surface area contributed by atoms with E-state index in [4.69, 9.17) is 4.74 Å². The number of Topliss-reactive ketones (excluding diaryl/α,β-unsaturated/α-hetero) is 1. The van der Waals surface area contributed by atoms with Crippen LogP contribution in [0, 0.1) is 5.92 Å². The summed E-state index contributed by atoms with van der Waals surface area (Å²) >= 11 is 0. The topological polar surface area (TPSA) is 72.9 Å². The summed E-state index contributed by atoms with van der Waals surface area (Å²) in [5.74, 6) is -3.31. The third kappa shape index (κ3) is 3.92. The minimum atomic E-state index is -4.92. The zero-order valence-electron chi connectivity index (χ0n) is 13.7. The average Bonchev–Trinajstić information content (AvgIpc) is 2.74. The number of ether oxygens (including phenoxy) is 2. The third-order valence-electron chi connectivity index (χ3n) is 3.60. The quantitative estimate of drug-likeness (QED) is 0.597. The van der Waals surface area contributed by atoms with Gasteiger partial charge in [-0.3, -0.25) is 14.5 Å². The Morgan fingerprint density at radius 1 is 1.24 bits per heavy atom. The first kappa shape index (κ1) is 18.8. The molecule has 2 rings (SSSR count). The van der Waals surface area contributed by atoms with Crippen molar-refractivity contribution in [3.05, 3.63) is 23.8 Å². The van der Waals surface area contributed by atoms with E-state index in [2.05, 4.69) is 4.74 Å². The number of carbonyl (C=O) groups excluding carboxylic acids is 3. The van der Waals surface area contributed by atoms with Crippen LogP contribution in [0.15, 0.2) is 18.2 Å². The van der Waals surface area contributed by atoms with E-state index in [1.165, 1.54) is 0 Å². The number of hydrogen-bond acceptors (Lipinski definition) is 5. The van der Waals surface area contributed by atoms with Crippen molar-refractivity contribution in [2.45, 2.75) is 32.7 Å². The molecule has 0 N–H and O–H groups in total. The maximum atomic E-state index is 12.3. The molecule has 0 fully saturated rings. The van der Waals surface area contributed by atoms with Gasteiger partial charge < -0.3 is 9.47 Å². The van der Waals surface area contributed by atoms with E-state index in [-0.39, 0.29) is 23.6 Å². The van der Waals surface area contributed by atoms with Crippen LogP contribution in [0.25, 0.3) is 0 Å². The van der Waals surface area contributed by atoms with Gasteiger partial charge in [-0.2, -0.15) is 0 Å². The first-order valence-corrected chi connectivity index (χ1v) is 7.40. The minimum Gasteiger partial charge on any atom is -0.467 e. The van der Waals surface area contributed by atoms with Gasteiger partial charge in [0.05, 0.1) is 18.4 Å². The molecule has 1 aromatic carbocycles. The SMILES string of the molecule is COC(=O)C(CC(C)C)N1C(=O)C(=O)c2cc(OC(F)(F)F)ccc21. The van der Waals surface area contributed by atoms with Crippen molar-refractivity contribution in [2.75, 3.05) is 12.0 Å². The van der Waals surface area contributed by atoms with Gasteiger partial charge in [0.15, 0.2) is 0 Å². The average molecular weight is 359 g/mol. The van der Waals surface area contributed by atoms with Gasteiger partial charge in [-0.05, 0) is 30.5 Å². The number of ketones is 1. The molecule has 25 heavy (non-hydrogen) atoms. The number of amides is 1. The molecule has 1 aliphatic rings. The van der Waals surface area contributed by atoms with Crippen LogP contribution in [0.5, 0.6) is 5.75 Å². The van der Waals surface area contributed by atoms with Gasteiger partial charge in [0.1, 0.15) is 11.8 Å². The van der Waals surface area contributed by atoms with Gasteiger partial charge in [-0.25, -0.2) is 4.79 Å². The molecular formula is C16H16F3NO5. The molecule has 0 aliphatic carbocycles. The number of anilines is 1. The van der Waals surface area contributed by atoms with Crippen LogP contribution < -0.4 is 9.64 Å². The number of halogens is 3. The number of fused-ring (bicyclic) bond motifs is 1. The summed E-state index contributed by atoms with van der Waals surface area (Å²) in [5, 5.41) is 0. The summed E-state index contributed by atoms with van der Waals surface area (Å²) in [5.41, 5.74) is -0.190. The van der Waals surface area contributed by atoms with Crippen LogP contribution in [0.4, 0.5) is 18.9 Å². The number of alkyl halides is 3. The summed E-state index contributed by atoms with van der Waals surface area (Å²) in [6.07, 6.45) is -4.70. The van der Waals surface area contributed by atoms with E-state index in [1.807, 2.05) is 13.8 Å². The number of hydrogen-bond donors (Lipinski definition) is 0. The number of esters is 1. The van der Waals surface area contributed by atoms with Crippen LogP contribution in [0.2, 0.25) is 0 Å². The molecule has 9 heteroatoms. The Kier molecular flexibility index (Phi) is 5.05. The molecule has 1 heterocycles. The Hall–Kier alpha value is -2.58. The molecule has 1 atom stereocenters. The van der Waals surface area contributed by atoms with Crippen LogP contribution in [-0.4, -0.2) is 37.2 Å². The molecule has 0 spiro atoms. The highest BCUT2D eigenvalue weighted by atomic mass is 19.4. The fraction of sp³-hybridized carbons (Fsp3) is 0.438. The number of carbonyl (C=O) groups is 3. The lowest BCUT2D eigenvalue weighted by Gasteiger charge is -2.27. The third-order valence-corrected chi connectivity index (χ3v) is 3.60. The lowest BCUT2D eigenvalue weighted by Crippen LogP contribution is -2.45. The number of benzene rings is 1. The van der Waals surface area contributed by atoms with E-state index >= 15 is 0 Å². The zero-order chi connectivity index (χ0) is 18.9. The van der Waals surface area contributed by atoms with Crippen LogP contribution >= 0.6 is 0 Å². The van der Waals surface area contributed by atoms with E-state index < -0.39 is 35.8 Å². The van der Waals surface area contributed by atoms with Gasteiger partial charge in [-0.1, -0.05) is 13.8 Å². The van der Waals surface area contributed by atoms with Crippen molar-refractivity contribution in [1.82, 2.24) is 0 Å². The molecule has 6 nitrogen and oxygen atoms in total. The molecule has 1 aliphatic heterocycles. The second-order valence-corrected chi connectivity index (χ2v) is 5.90. The largest absolute Gasteiger partial charge is 0.573 e. The Morgan fingerprint density at radius 3 is 2.40 bits per heavy atom. The normalized spacial score (nSPS) is 15.4. The molecule has 1 aromatic rings. The van der Waals surface area contributed by atoms with E-state index in [0.717, 1.165) is 30.2 Å². The Labute approximate surface area is 141 Å². The molecule has 0 radical (unpaired) electrons. The van der Waals surface area contributed by atoms with Crippen LogP contribution in [-0.2, 0) is 14.3 Å². The Balaban J connectivity index is 2.45. The summed E-state index contributed by atoms with van der Waals surface area (Å²) in [4.78, 5) is 37.5. The summed E-state index contributed by atoms with van der Waals surface area (Å²) in [7, 11) is 1.15. The van der Waals surface area contributed by atoms with Gasteiger partial charge in [-0.15, -0.1) is 13.2 Å². The van der Waals surface area contributed by atoms with E-state index in [9.17, 15) is 27.6 Å². The van der Waals surface area contributed by atoms with Crippen molar-refractivity contribution >= 4 is 23.3 Å². The second-order valence-electron chi connectivity index (χ2n) is 5.90. The van der Waals surface area contributed by atoms with Crippen LogP contribution in [0.3, 0.4) is 0 Å². The van der Waals surface area contributed by atoms with Gasteiger partial charge >= 0.3 is 12.3 Å². The highest BCUT2D eigenvalue weighted by molar-refractivity contribution is 6.52. The number of nitrogens with zero attached hydrogens (tertiary/aromatic N) is 1. The Morgan fingerprint density at radius 2 is 1.88 bits per heavy atom. The molecule has 0 saturated carbocycles. The number of methoxy groups -OCH3 is 1. The fourth-order valence-corrected chi connectivity index (χ4v) is 2.64. The predicted octanol–water partition coefficient (Wildman–Crippen LogP) is 2.70. The highest BCUT2D eigenvalue weighted by Gasteiger charge is 2.43. The number of rotatable bonds is 5. The fourth-order valence-electron chi connectivity index (χ4n) is 2.64. The molecule has 1 amide bonds. The van der Waals surface area contributed by atoms with Crippen molar-refractivity contribution < 1.29 is 37.0 Å². The lowest BCUT2D eigenvalue weighted by molar-refractivity contribution is -0.274. The lowest BCUT2D eigenvalue weighted by atomic mass is 10.0. The molecular weight excluding hydrogens is 343 g/mol. The predicted molar refractivity (Wildman–Crippen MR) is 80.2 cm³/mol. The molecule has 1 unspecified atom stereocenters. The summed E-state index contributed by atoms with van der Waals surface area (Å²) in [6.45, 7) is 3.64. The standard InChI is InChI=1S/C16H16F3NO5/c1-8(2)6-12(15(23)24-3)20-11-5-4-9(25-16(17,18)19)7-10(11)13(21)14(20)22/h4-5,7-8,12H,6H2,1-3H3. The van der Waals surface area contributed by atoms with Crippen molar-refractivity contribution in [1.29, 1.82) is 0 Å². The maximum absolute atomic E-state index is 12.3. The van der Waals surface area contributed by atoms with Crippen molar-refractivity contribution in [3.63, 3.8) is 0 Å². The monoisotopic (exact) mass is 359 g/mol. The first-order chi connectivity index (χ1) is 11.5. The Bertz CT molecular complexity index is 714. The van der Waals surface area contributed by atoms with Crippen LogP contribution in [0.1, 0.15) is 30.6 Å². The second kappa shape index (κ2) is 6.73. The summed E-state index contributed by atoms with van der Waals surface area (Å²) < 4.78 is 45.4. The zero-order valence-corrected chi connectivity index (χ0v) is 13.7. The van der Waals surface area contributed by atoms with E-state index in [0.29, 0.717) is 0 Å². The molecule has 136 valence electrons. The van der Waals surface area contributed by atoms with Gasteiger partial charge in [0, 0.05) is 0 Å². The van der Waals surface area contributed by atoms with Crippen molar-refractivity contribution in [2.24, 2.45) is 5.92 Å². The maximum Gasteiger partial charge on any atom is 0.573 e. The molecule has 0 saturated heterocycles. The summed E-state index contributed by atoms with van der Waals surface area (Å²) in [6, 6.07) is 1.93. The first-order valence-electron chi connectivity index (χ1n) is 7.40. The molecule has 0 aromatic heterocycles. The minimum absolute atomic E-state index is 0.00360. The highest BCUT2D eigenvalue weighted by Crippen LogP contribution is 2.36. The van der Waals surface area contributed by atoms with E-state index in [1.54, 1.807) is 0 Å². The van der Waals surface area contributed by atoms with Gasteiger partial charge in [0.25, 0.3) is 11.7 Å². The van der Waals surface area contributed by atoms with Crippen molar-refractivity contribution in [3.8, 4) is 5.75 Å². The van der Waals surface area contributed by atoms with Gasteiger partial charge in [0.2, 0.25) is 0 Å². The smallest absolute Gasteiger partial charge is 0.467 e. The molecule has 0 bridgehead atoms.